The summed E-state index contributed by atoms with van der Waals surface area (Å²) in [5, 5.41) is 2.58. The van der Waals surface area contributed by atoms with Crippen molar-refractivity contribution in [2.75, 3.05) is 18.0 Å². The van der Waals surface area contributed by atoms with E-state index in [-0.39, 0.29) is 5.56 Å². The molecule has 124 valence electrons. The number of nitrogens with zero attached hydrogens (tertiary/aromatic N) is 3. The van der Waals surface area contributed by atoms with Crippen LogP contribution in [0.3, 0.4) is 0 Å². The molecule has 0 aromatic carbocycles. The average Bonchev–Trinajstić information content (AvgIpc) is 3.07. The molecule has 24 heavy (non-hydrogen) atoms. The Morgan fingerprint density at radius 1 is 1.25 bits per heavy atom. The normalized spacial score (nSPS) is 21.3. The van der Waals surface area contributed by atoms with Crippen molar-refractivity contribution in [3.63, 3.8) is 0 Å². The number of aromatic amines is 1. The second kappa shape index (κ2) is 6.02. The zero-order chi connectivity index (χ0) is 16.7. The van der Waals surface area contributed by atoms with Gasteiger partial charge in [0.2, 0.25) is 5.95 Å². The Labute approximate surface area is 144 Å². The van der Waals surface area contributed by atoms with E-state index in [1.54, 1.807) is 17.5 Å². The highest BCUT2D eigenvalue weighted by Crippen LogP contribution is 2.29. The molecule has 1 aliphatic rings. The van der Waals surface area contributed by atoms with Crippen molar-refractivity contribution in [1.29, 1.82) is 0 Å². The predicted octanol–water partition coefficient (Wildman–Crippen LogP) is 3.53. The van der Waals surface area contributed by atoms with Crippen LogP contribution in [0.15, 0.2) is 34.6 Å². The molecule has 1 N–H and O–H groups in total. The van der Waals surface area contributed by atoms with Gasteiger partial charge in [0.05, 0.1) is 5.39 Å². The first-order valence-electron chi connectivity index (χ1n) is 8.29. The van der Waals surface area contributed by atoms with E-state index in [1.807, 2.05) is 23.6 Å². The van der Waals surface area contributed by atoms with Crippen LogP contribution >= 0.6 is 11.3 Å². The van der Waals surface area contributed by atoms with Gasteiger partial charge in [0.25, 0.3) is 5.56 Å². The van der Waals surface area contributed by atoms with E-state index < -0.39 is 0 Å². The number of piperidine rings is 1. The summed E-state index contributed by atoms with van der Waals surface area (Å²) in [6.07, 6.45) is 2.95. The molecule has 0 bridgehead atoms. The second-order valence-corrected chi connectivity index (χ2v) is 7.72. The van der Waals surface area contributed by atoms with E-state index in [1.165, 1.54) is 6.42 Å². The number of hydrogen-bond donors (Lipinski definition) is 1. The molecule has 1 fully saturated rings. The number of hydrogen-bond acceptors (Lipinski definition) is 5. The number of H-pyrrole nitrogens is 1. The Bertz CT molecular complexity index is 908. The lowest BCUT2D eigenvalue weighted by molar-refractivity contribution is 0.353. The molecule has 4 rings (SSSR count). The lowest BCUT2D eigenvalue weighted by Gasteiger charge is -2.35. The maximum Gasteiger partial charge on any atom is 0.262 e. The molecule has 3 aromatic heterocycles. The zero-order valence-corrected chi connectivity index (χ0v) is 14.6. The van der Waals surface area contributed by atoms with E-state index in [0.29, 0.717) is 28.8 Å². The molecule has 1 saturated heterocycles. The van der Waals surface area contributed by atoms with Crippen molar-refractivity contribution in [1.82, 2.24) is 15.0 Å². The van der Waals surface area contributed by atoms with Crippen molar-refractivity contribution in [3.8, 4) is 10.4 Å². The maximum atomic E-state index is 12.8. The van der Waals surface area contributed by atoms with Crippen LogP contribution in [-0.4, -0.2) is 28.0 Å². The summed E-state index contributed by atoms with van der Waals surface area (Å²) in [4.78, 5) is 28.0. The van der Waals surface area contributed by atoms with Crippen LogP contribution in [0.4, 0.5) is 5.95 Å². The number of pyridine rings is 1. The first-order valence-corrected chi connectivity index (χ1v) is 9.17. The second-order valence-electron chi connectivity index (χ2n) is 6.77. The minimum Gasteiger partial charge on any atom is -0.342 e. The molecule has 0 saturated carbocycles. The largest absolute Gasteiger partial charge is 0.342 e. The van der Waals surface area contributed by atoms with Gasteiger partial charge in [-0.3, -0.25) is 9.78 Å². The molecular formula is C18H20N4OS. The summed E-state index contributed by atoms with van der Waals surface area (Å²) >= 11 is 1.61. The fraction of sp³-hybridized carbons (Fsp3) is 0.389. The zero-order valence-electron chi connectivity index (χ0n) is 13.8. The topological polar surface area (TPSA) is 61.9 Å². The van der Waals surface area contributed by atoms with Gasteiger partial charge in [0.15, 0.2) is 5.65 Å². The summed E-state index contributed by atoms with van der Waals surface area (Å²) in [5.74, 6) is 1.84. The molecule has 0 radical (unpaired) electrons. The van der Waals surface area contributed by atoms with Crippen LogP contribution in [0, 0.1) is 11.8 Å². The summed E-state index contributed by atoms with van der Waals surface area (Å²) in [5.41, 5.74) is 1.30. The third-order valence-corrected chi connectivity index (χ3v) is 5.45. The summed E-state index contributed by atoms with van der Waals surface area (Å²) < 4.78 is 0. The summed E-state index contributed by atoms with van der Waals surface area (Å²) in [6.45, 7) is 6.33. The lowest BCUT2D eigenvalue weighted by atomic mass is 9.92. The minimum atomic E-state index is -0.114. The third kappa shape index (κ3) is 2.71. The fourth-order valence-electron chi connectivity index (χ4n) is 3.67. The van der Waals surface area contributed by atoms with Crippen LogP contribution in [0.1, 0.15) is 20.3 Å². The number of fused-ring (bicyclic) bond motifs is 1. The average molecular weight is 340 g/mol. The lowest BCUT2D eigenvalue weighted by Crippen LogP contribution is -2.40. The number of anilines is 1. The summed E-state index contributed by atoms with van der Waals surface area (Å²) in [6, 6.07) is 5.88. The molecule has 2 unspecified atom stereocenters. The molecule has 1 aliphatic heterocycles. The highest BCUT2D eigenvalue weighted by atomic mass is 32.1. The minimum absolute atomic E-state index is 0.114. The molecule has 3 aromatic rings. The third-order valence-electron chi connectivity index (χ3n) is 4.55. The fourth-order valence-corrected chi connectivity index (χ4v) is 4.43. The van der Waals surface area contributed by atoms with Gasteiger partial charge in [0, 0.05) is 29.7 Å². The Balaban J connectivity index is 1.83. The van der Waals surface area contributed by atoms with E-state index in [2.05, 4.69) is 33.7 Å². The van der Waals surface area contributed by atoms with Crippen LogP contribution in [-0.2, 0) is 0 Å². The smallest absolute Gasteiger partial charge is 0.262 e. The van der Waals surface area contributed by atoms with Gasteiger partial charge in [0.1, 0.15) is 0 Å². The molecule has 0 spiro atoms. The molecule has 2 atom stereocenters. The molecule has 6 heteroatoms. The van der Waals surface area contributed by atoms with Crippen molar-refractivity contribution < 1.29 is 0 Å². The van der Waals surface area contributed by atoms with Gasteiger partial charge >= 0.3 is 0 Å². The number of aromatic nitrogens is 3. The predicted molar refractivity (Wildman–Crippen MR) is 98.6 cm³/mol. The van der Waals surface area contributed by atoms with E-state index in [9.17, 15) is 4.79 Å². The van der Waals surface area contributed by atoms with Gasteiger partial charge < -0.3 is 4.90 Å². The molecule has 0 amide bonds. The monoisotopic (exact) mass is 340 g/mol. The Morgan fingerprint density at radius 3 is 2.75 bits per heavy atom. The molecule has 5 nitrogen and oxygen atoms in total. The van der Waals surface area contributed by atoms with E-state index >= 15 is 0 Å². The van der Waals surface area contributed by atoms with Crippen LogP contribution < -0.4 is 10.5 Å². The maximum absolute atomic E-state index is 12.8. The van der Waals surface area contributed by atoms with Gasteiger partial charge in [-0.2, -0.15) is 4.98 Å². The number of rotatable bonds is 2. The first kappa shape index (κ1) is 15.3. The Hall–Kier alpha value is -2.21. The van der Waals surface area contributed by atoms with Crippen molar-refractivity contribution in [2.24, 2.45) is 11.8 Å². The van der Waals surface area contributed by atoms with Crippen molar-refractivity contribution in [3.05, 3.63) is 40.1 Å². The molecular weight excluding hydrogens is 320 g/mol. The quantitative estimate of drug-likeness (QED) is 0.775. The Morgan fingerprint density at radius 2 is 2.04 bits per heavy atom. The standard InChI is InChI=1S/C18H20N4OS/c1-11-8-12(2)10-22(9-11)18-20-16-15(17(23)21-18)13(5-6-19-16)14-4-3-7-24-14/h3-7,11-12H,8-10H2,1-2H3,(H,19,20,21,23). The van der Waals surface area contributed by atoms with E-state index in [0.717, 1.165) is 23.5 Å². The van der Waals surface area contributed by atoms with Gasteiger partial charge in [-0.15, -0.1) is 11.3 Å². The first-order chi connectivity index (χ1) is 11.6. The van der Waals surface area contributed by atoms with Crippen LogP contribution in [0.2, 0.25) is 0 Å². The Kier molecular flexibility index (Phi) is 3.84. The van der Waals surface area contributed by atoms with Crippen molar-refractivity contribution >= 4 is 28.3 Å². The summed E-state index contributed by atoms with van der Waals surface area (Å²) in [7, 11) is 0. The van der Waals surface area contributed by atoms with Crippen molar-refractivity contribution in [2.45, 2.75) is 20.3 Å². The SMILES string of the molecule is CC1CC(C)CN(c2nc3nccc(-c4cccs4)c3c(=O)[nH]2)C1. The van der Waals surface area contributed by atoms with Crippen LogP contribution in [0.25, 0.3) is 21.5 Å². The van der Waals surface area contributed by atoms with E-state index in [4.69, 9.17) is 0 Å². The molecule has 4 heterocycles. The number of nitrogens with one attached hydrogen (secondary N) is 1. The molecule has 0 aliphatic carbocycles. The highest BCUT2D eigenvalue weighted by Gasteiger charge is 2.24. The van der Waals surface area contributed by atoms with Gasteiger partial charge in [-0.25, -0.2) is 4.98 Å². The van der Waals surface area contributed by atoms with Crippen LogP contribution in [0.5, 0.6) is 0 Å². The van der Waals surface area contributed by atoms with Gasteiger partial charge in [-0.05, 0) is 35.8 Å². The number of thiophene rings is 1. The van der Waals surface area contributed by atoms with Gasteiger partial charge in [-0.1, -0.05) is 19.9 Å². The highest BCUT2D eigenvalue weighted by molar-refractivity contribution is 7.13.